The molecular formula is C22H25ClN4O. The van der Waals surface area contributed by atoms with E-state index in [-0.39, 0.29) is 18.3 Å². The highest BCUT2D eigenvalue weighted by molar-refractivity contribution is 6.07. The molecule has 4 rings (SSSR count). The second-order valence-corrected chi connectivity index (χ2v) is 7.29. The normalized spacial score (nSPS) is 13.5. The number of anilines is 2. The van der Waals surface area contributed by atoms with E-state index in [2.05, 4.69) is 41.3 Å². The van der Waals surface area contributed by atoms with Crippen LogP contribution in [0.1, 0.15) is 40.0 Å². The van der Waals surface area contributed by atoms with Crippen LogP contribution in [0.2, 0.25) is 0 Å². The summed E-state index contributed by atoms with van der Waals surface area (Å²) in [5.74, 6) is 0.0359. The average molecular weight is 397 g/mol. The first kappa shape index (κ1) is 20.1. The van der Waals surface area contributed by atoms with E-state index in [0.717, 1.165) is 48.4 Å². The Morgan fingerprint density at radius 2 is 1.79 bits per heavy atom. The molecule has 1 saturated heterocycles. The molecule has 1 aliphatic rings. The Labute approximate surface area is 171 Å². The van der Waals surface area contributed by atoms with Gasteiger partial charge in [0.15, 0.2) is 5.65 Å². The van der Waals surface area contributed by atoms with Crippen molar-refractivity contribution in [1.82, 2.24) is 14.9 Å². The number of fused-ring (bicyclic) bond motifs is 1. The standard InChI is InChI=1S/C22H24N4O.ClH/c1-14-6-8-17(12-15(14)2)25-20-18-9-7-16(3)24-21(18)23-13-19(20)22(27)26-10-4-5-11-26;/h6-9,12-13H,4-5,10-11H2,1-3H3,(H,23,24,25);1H. The number of halogens is 1. The van der Waals surface area contributed by atoms with Gasteiger partial charge in [-0.3, -0.25) is 4.79 Å². The lowest BCUT2D eigenvalue weighted by atomic mass is 10.1. The first-order valence-corrected chi connectivity index (χ1v) is 9.43. The lowest BCUT2D eigenvalue weighted by Gasteiger charge is -2.19. The summed E-state index contributed by atoms with van der Waals surface area (Å²) in [6.45, 7) is 7.75. The van der Waals surface area contributed by atoms with E-state index >= 15 is 0 Å². The van der Waals surface area contributed by atoms with Gasteiger partial charge in [0.25, 0.3) is 5.91 Å². The van der Waals surface area contributed by atoms with Crippen LogP contribution in [0.3, 0.4) is 0 Å². The van der Waals surface area contributed by atoms with Crippen LogP contribution in [0, 0.1) is 20.8 Å². The van der Waals surface area contributed by atoms with Crippen LogP contribution < -0.4 is 5.32 Å². The Bertz CT molecular complexity index is 1030. The molecule has 0 atom stereocenters. The molecule has 28 heavy (non-hydrogen) atoms. The molecule has 2 aromatic heterocycles. The summed E-state index contributed by atoms with van der Waals surface area (Å²) < 4.78 is 0. The molecule has 0 radical (unpaired) electrons. The predicted octanol–water partition coefficient (Wildman–Crippen LogP) is 4.96. The Hall–Kier alpha value is -2.66. The first-order chi connectivity index (χ1) is 13.0. The van der Waals surface area contributed by atoms with Gasteiger partial charge >= 0.3 is 0 Å². The van der Waals surface area contributed by atoms with Gasteiger partial charge in [-0.2, -0.15) is 0 Å². The smallest absolute Gasteiger partial charge is 0.257 e. The number of aromatic nitrogens is 2. The molecule has 0 saturated carbocycles. The molecule has 3 heterocycles. The molecule has 0 spiro atoms. The SMILES string of the molecule is Cc1ccc2c(Nc3ccc(C)c(C)c3)c(C(=O)N3CCCC3)cnc2n1.Cl. The predicted molar refractivity (Wildman–Crippen MR) is 116 cm³/mol. The van der Waals surface area contributed by atoms with Crippen LogP contribution in [0.4, 0.5) is 11.4 Å². The van der Waals surface area contributed by atoms with Crippen molar-refractivity contribution in [3.8, 4) is 0 Å². The second-order valence-electron chi connectivity index (χ2n) is 7.29. The fourth-order valence-electron chi connectivity index (χ4n) is 3.52. The monoisotopic (exact) mass is 396 g/mol. The Morgan fingerprint density at radius 1 is 1.04 bits per heavy atom. The number of hydrogen-bond acceptors (Lipinski definition) is 4. The van der Waals surface area contributed by atoms with E-state index in [4.69, 9.17) is 0 Å². The van der Waals surface area contributed by atoms with Gasteiger partial charge in [-0.15, -0.1) is 12.4 Å². The average Bonchev–Trinajstić information content (AvgIpc) is 3.19. The van der Waals surface area contributed by atoms with Gasteiger partial charge in [-0.1, -0.05) is 6.07 Å². The van der Waals surface area contributed by atoms with E-state index in [9.17, 15) is 4.79 Å². The zero-order valence-electron chi connectivity index (χ0n) is 16.5. The molecule has 0 bridgehead atoms. The van der Waals surface area contributed by atoms with Crippen LogP contribution >= 0.6 is 12.4 Å². The number of likely N-dealkylation sites (tertiary alicyclic amines) is 1. The summed E-state index contributed by atoms with van der Waals surface area (Å²) in [5.41, 5.74) is 6.36. The zero-order chi connectivity index (χ0) is 19.0. The van der Waals surface area contributed by atoms with E-state index in [1.807, 2.05) is 30.0 Å². The van der Waals surface area contributed by atoms with Crippen molar-refractivity contribution < 1.29 is 4.79 Å². The van der Waals surface area contributed by atoms with Gasteiger partial charge in [0, 0.05) is 36.1 Å². The van der Waals surface area contributed by atoms with Crippen molar-refractivity contribution in [2.75, 3.05) is 18.4 Å². The third-order valence-electron chi connectivity index (χ3n) is 5.27. The molecule has 0 aliphatic carbocycles. The van der Waals surface area contributed by atoms with Crippen LogP contribution in [0.15, 0.2) is 36.5 Å². The zero-order valence-corrected chi connectivity index (χ0v) is 17.3. The molecule has 146 valence electrons. The third-order valence-corrected chi connectivity index (χ3v) is 5.27. The van der Waals surface area contributed by atoms with Gasteiger partial charge in [-0.25, -0.2) is 9.97 Å². The molecule has 1 fully saturated rings. The van der Waals surface area contributed by atoms with Gasteiger partial charge in [0.1, 0.15) is 0 Å². The fourth-order valence-corrected chi connectivity index (χ4v) is 3.52. The van der Waals surface area contributed by atoms with E-state index in [0.29, 0.717) is 11.2 Å². The molecule has 6 heteroatoms. The van der Waals surface area contributed by atoms with Gasteiger partial charge < -0.3 is 10.2 Å². The number of rotatable bonds is 3. The van der Waals surface area contributed by atoms with Crippen LogP contribution in [-0.4, -0.2) is 33.9 Å². The van der Waals surface area contributed by atoms with Crippen LogP contribution in [0.25, 0.3) is 11.0 Å². The van der Waals surface area contributed by atoms with Gasteiger partial charge in [-0.05, 0) is 69.0 Å². The summed E-state index contributed by atoms with van der Waals surface area (Å²) >= 11 is 0. The van der Waals surface area contributed by atoms with Gasteiger partial charge in [0.05, 0.1) is 11.3 Å². The van der Waals surface area contributed by atoms with Crippen molar-refractivity contribution in [3.05, 3.63) is 58.9 Å². The third kappa shape index (κ3) is 3.80. The van der Waals surface area contributed by atoms with E-state index < -0.39 is 0 Å². The number of nitrogens with one attached hydrogen (secondary N) is 1. The number of nitrogens with zero attached hydrogens (tertiary/aromatic N) is 3. The molecule has 0 unspecified atom stereocenters. The van der Waals surface area contributed by atoms with E-state index in [1.54, 1.807) is 6.20 Å². The van der Waals surface area contributed by atoms with Crippen molar-refractivity contribution in [1.29, 1.82) is 0 Å². The number of amides is 1. The molecular weight excluding hydrogens is 372 g/mol. The number of benzene rings is 1. The number of carbonyl (C=O) groups excluding carboxylic acids is 1. The quantitative estimate of drug-likeness (QED) is 0.680. The Kier molecular flexibility index (Phi) is 5.84. The van der Waals surface area contributed by atoms with Crippen LogP contribution in [-0.2, 0) is 0 Å². The van der Waals surface area contributed by atoms with Crippen molar-refractivity contribution in [2.24, 2.45) is 0 Å². The minimum atomic E-state index is 0. The summed E-state index contributed by atoms with van der Waals surface area (Å²) in [6, 6.07) is 10.2. The Morgan fingerprint density at radius 3 is 2.50 bits per heavy atom. The lowest BCUT2D eigenvalue weighted by molar-refractivity contribution is 0.0793. The largest absolute Gasteiger partial charge is 0.354 e. The first-order valence-electron chi connectivity index (χ1n) is 9.43. The van der Waals surface area contributed by atoms with Crippen molar-refractivity contribution in [3.63, 3.8) is 0 Å². The molecule has 1 amide bonds. The maximum atomic E-state index is 13.1. The maximum Gasteiger partial charge on any atom is 0.257 e. The minimum absolute atomic E-state index is 0. The Balaban J connectivity index is 0.00000225. The number of aryl methyl sites for hydroxylation is 3. The highest BCUT2D eigenvalue weighted by atomic mass is 35.5. The lowest BCUT2D eigenvalue weighted by Crippen LogP contribution is -2.28. The van der Waals surface area contributed by atoms with Crippen molar-refractivity contribution in [2.45, 2.75) is 33.6 Å². The summed E-state index contributed by atoms with van der Waals surface area (Å²) in [7, 11) is 0. The molecule has 1 N–H and O–H groups in total. The molecule has 1 aliphatic heterocycles. The second kappa shape index (κ2) is 8.15. The van der Waals surface area contributed by atoms with Crippen LogP contribution in [0.5, 0.6) is 0 Å². The fraction of sp³-hybridized carbons (Fsp3) is 0.318. The van der Waals surface area contributed by atoms with Crippen molar-refractivity contribution >= 4 is 40.7 Å². The highest BCUT2D eigenvalue weighted by Crippen LogP contribution is 2.31. The summed E-state index contributed by atoms with van der Waals surface area (Å²) in [5, 5.41) is 4.34. The maximum absolute atomic E-state index is 13.1. The number of pyridine rings is 2. The highest BCUT2D eigenvalue weighted by Gasteiger charge is 2.24. The van der Waals surface area contributed by atoms with Gasteiger partial charge in [0.2, 0.25) is 0 Å². The topological polar surface area (TPSA) is 58.1 Å². The molecule has 1 aromatic carbocycles. The number of hydrogen-bond donors (Lipinski definition) is 1. The summed E-state index contributed by atoms with van der Waals surface area (Å²) in [6.07, 6.45) is 3.79. The molecule has 3 aromatic rings. The minimum Gasteiger partial charge on any atom is -0.354 e. The summed E-state index contributed by atoms with van der Waals surface area (Å²) in [4.78, 5) is 24.0. The molecule has 5 nitrogen and oxygen atoms in total. The number of carbonyl (C=O) groups is 1. The van der Waals surface area contributed by atoms with E-state index in [1.165, 1.54) is 11.1 Å².